The van der Waals surface area contributed by atoms with Crippen molar-refractivity contribution in [3.63, 3.8) is 0 Å². The van der Waals surface area contributed by atoms with E-state index in [0.29, 0.717) is 25.6 Å². The minimum Gasteiger partial charge on any atom is -0.378 e. The third-order valence-corrected chi connectivity index (χ3v) is 3.85. The quantitative estimate of drug-likeness (QED) is 0.831. The molecular weight excluding hydrogens is 250 g/mol. The van der Waals surface area contributed by atoms with Gasteiger partial charge in [0.2, 0.25) is 0 Å². The van der Waals surface area contributed by atoms with Gasteiger partial charge in [-0.1, -0.05) is 31.2 Å². The van der Waals surface area contributed by atoms with E-state index >= 15 is 0 Å². The highest BCUT2D eigenvalue weighted by Crippen LogP contribution is 2.09. The minimum absolute atomic E-state index is 0.267. The van der Waals surface area contributed by atoms with Crippen molar-refractivity contribution in [3.05, 3.63) is 35.4 Å². The molecule has 3 heteroatoms. The number of carbonyl (C=O) groups is 1. The summed E-state index contributed by atoms with van der Waals surface area (Å²) in [4.78, 5) is 11.9. The predicted molar refractivity (Wildman–Crippen MR) is 81.0 cm³/mol. The number of aryl methyl sites for hydroxylation is 1. The van der Waals surface area contributed by atoms with Gasteiger partial charge >= 0.3 is 0 Å². The monoisotopic (exact) mass is 275 g/mol. The van der Waals surface area contributed by atoms with E-state index in [0.717, 1.165) is 37.9 Å². The van der Waals surface area contributed by atoms with Crippen LogP contribution in [0.2, 0.25) is 0 Å². The Labute approximate surface area is 121 Å². The second-order valence-corrected chi connectivity index (χ2v) is 5.46. The first kappa shape index (κ1) is 15.2. The van der Waals surface area contributed by atoms with Crippen LogP contribution < -0.4 is 5.32 Å². The van der Waals surface area contributed by atoms with E-state index in [2.05, 4.69) is 36.5 Å². The number of piperidine rings is 1. The highest BCUT2D eigenvalue weighted by molar-refractivity contribution is 5.80. The first-order valence-electron chi connectivity index (χ1n) is 7.69. The molecule has 1 aromatic carbocycles. The van der Waals surface area contributed by atoms with E-state index in [1.165, 1.54) is 5.56 Å². The zero-order valence-corrected chi connectivity index (χ0v) is 12.4. The molecular formula is C17H25NO2. The van der Waals surface area contributed by atoms with Gasteiger partial charge in [-0.15, -0.1) is 0 Å². The molecule has 1 aliphatic rings. The normalized spacial score (nSPS) is 16.2. The van der Waals surface area contributed by atoms with Crippen LogP contribution in [0, 0.1) is 0 Å². The Morgan fingerprint density at radius 3 is 2.50 bits per heavy atom. The molecule has 0 aromatic heterocycles. The standard InChI is InChI=1S/C17H25NO2/c1-2-14-3-5-15(6-4-14)13-16(19)9-12-20-17-7-10-18-11-8-17/h3-6,17-18H,2,7-13H2,1H3. The fourth-order valence-corrected chi connectivity index (χ4v) is 2.51. The number of carbonyl (C=O) groups excluding carboxylic acids is 1. The Morgan fingerprint density at radius 2 is 1.85 bits per heavy atom. The predicted octanol–water partition coefficient (Wildman–Crippen LogP) is 2.52. The maximum Gasteiger partial charge on any atom is 0.139 e. The smallest absolute Gasteiger partial charge is 0.139 e. The van der Waals surface area contributed by atoms with Crippen LogP contribution >= 0.6 is 0 Å². The first-order chi connectivity index (χ1) is 9.78. The molecule has 0 unspecified atom stereocenters. The molecule has 110 valence electrons. The number of benzene rings is 1. The molecule has 3 nitrogen and oxygen atoms in total. The molecule has 0 bridgehead atoms. The van der Waals surface area contributed by atoms with Crippen molar-refractivity contribution in [1.82, 2.24) is 5.32 Å². The molecule has 2 rings (SSSR count). The topological polar surface area (TPSA) is 38.3 Å². The fourth-order valence-electron chi connectivity index (χ4n) is 2.51. The minimum atomic E-state index is 0.267. The molecule has 0 saturated carbocycles. The number of ketones is 1. The van der Waals surface area contributed by atoms with Crippen molar-refractivity contribution in [1.29, 1.82) is 0 Å². The van der Waals surface area contributed by atoms with E-state index in [1.54, 1.807) is 0 Å². The van der Waals surface area contributed by atoms with Gasteiger partial charge in [-0.05, 0) is 43.5 Å². The van der Waals surface area contributed by atoms with Crippen molar-refractivity contribution in [3.8, 4) is 0 Å². The van der Waals surface area contributed by atoms with Crippen molar-refractivity contribution >= 4 is 5.78 Å². The van der Waals surface area contributed by atoms with E-state index in [1.807, 2.05) is 0 Å². The van der Waals surface area contributed by atoms with Gasteiger partial charge in [0.1, 0.15) is 5.78 Å². The third kappa shape index (κ3) is 5.06. The van der Waals surface area contributed by atoms with Crippen LogP contribution in [-0.4, -0.2) is 31.6 Å². The van der Waals surface area contributed by atoms with Crippen LogP contribution in [0.15, 0.2) is 24.3 Å². The Kier molecular flexibility index (Phi) is 6.22. The van der Waals surface area contributed by atoms with Crippen molar-refractivity contribution in [2.45, 2.75) is 45.1 Å². The Bertz CT molecular complexity index is 408. The zero-order valence-electron chi connectivity index (χ0n) is 12.4. The summed E-state index contributed by atoms with van der Waals surface area (Å²) in [6.45, 7) is 4.76. The first-order valence-corrected chi connectivity index (χ1v) is 7.69. The SMILES string of the molecule is CCc1ccc(CC(=O)CCOC2CCNCC2)cc1. The summed E-state index contributed by atoms with van der Waals surface area (Å²) >= 11 is 0. The molecule has 0 spiro atoms. The van der Waals surface area contributed by atoms with Gasteiger partial charge in [0.25, 0.3) is 0 Å². The van der Waals surface area contributed by atoms with Crippen LogP contribution in [0.25, 0.3) is 0 Å². The molecule has 1 heterocycles. The van der Waals surface area contributed by atoms with Gasteiger partial charge < -0.3 is 10.1 Å². The fraction of sp³-hybridized carbons (Fsp3) is 0.588. The van der Waals surface area contributed by atoms with Crippen LogP contribution in [0.1, 0.15) is 37.3 Å². The maximum absolute atomic E-state index is 11.9. The second kappa shape index (κ2) is 8.18. The summed E-state index contributed by atoms with van der Waals surface area (Å²) in [5.74, 6) is 0.267. The van der Waals surface area contributed by atoms with Crippen LogP contribution in [-0.2, 0) is 22.4 Å². The number of hydrogen-bond acceptors (Lipinski definition) is 3. The van der Waals surface area contributed by atoms with E-state index < -0.39 is 0 Å². The van der Waals surface area contributed by atoms with Gasteiger partial charge in [-0.25, -0.2) is 0 Å². The van der Waals surface area contributed by atoms with E-state index in [4.69, 9.17) is 4.74 Å². The molecule has 1 fully saturated rings. The molecule has 0 amide bonds. The highest BCUT2D eigenvalue weighted by atomic mass is 16.5. The van der Waals surface area contributed by atoms with Crippen molar-refractivity contribution < 1.29 is 9.53 Å². The Hall–Kier alpha value is -1.19. The lowest BCUT2D eigenvalue weighted by Gasteiger charge is -2.22. The summed E-state index contributed by atoms with van der Waals surface area (Å²) in [5, 5.41) is 3.31. The number of ether oxygens (including phenoxy) is 1. The average molecular weight is 275 g/mol. The van der Waals surface area contributed by atoms with Gasteiger partial charge in [0, 0.05) is 12.8 Å². The lowest BCUT2D eigenvalue weighted by Crippen LogP contribution is -2.32. The molecule has 0 atom stereocenters. The summed E-state index contributed by atoms with van der Waals surface area (Å²) in [6, 6.07) is 8.33. The largest absolute Gasteiger partial charge is 0.378 e. The zero-order chi connectivity index (χ0) is 14.2. The van der Waals surface area contributed by atoms with E-state index in [9.17, 15) is 4.79 Å². The Morgan fingerprint density at radius 1 is 1.20 bits per heavy atom. The second-order valence-electron chi connectivity index (χ2n) is 5.46. The maximum atomic E-state index is 11.9. The molecule has 20 heavy (non-hydrogen) atoms. The average Bonchev–Trinajstić information content (AvgIpc) is 2.49. The summed E-state index contributed by atoms with van der Waals surface area (Å²) < 4.78 is 5.77. The summed E-state index contributed by atoms with van der Waals surface area (Å²) in [7, 11) is 0. The van der Waals surface area contributed by atoms with Gasteiger partial charge in [-0.2, -0.15) is 0 Å². The summed E-state index contributed by atoms with van der Waals surface area (Å²) in [6.07, 6.45) is 4.56. The van der Waals surface area contributed by atoms with Crippen LogP contribution in [0.5, 0.6) is 0 Å². The number of nitrogens with one attached hydrogen (secondary N) is 1. The van der Waals surface area contributed by atoms with Gasteiger partial charge in [0.15, 0.2) is 0 Å². The lowest BCUT2D eigenvalue weighted by atomic mass is 10.0. The molecule has 1 aliphatic heterocycles. The van der Waals surface area contributed by atoms with Crippen LogP contribution in [0.3, 0.4) is 0 Å². The number of hydrogen-bond donors (Lipinski definition) is 1. The number of rotatable bonds is 7. The van der Waals surface area contributed by atoms with Gasteiger partial charge in [-0.3, -0.25) is 4.79 Å². The highest BCUT2D eigenvalue weighted by Gasteiger charge is 2.13. The number of Topliss-reactive ketones (excluding diaryl/α,β-unsaturated/α-hetero) is 1. The third-order valence-electron chi connectivity index (χ3n) is 3.85. The van der Waals surface area contributed by atoms with Gasteiger partial charge in [0.05, 0.1) is 12.7 Å². The summed E-state index contributed by atoms with van der Waals surface area (Å²) in [5.41, 5.74) is 2.42. The van der Waals surface area contributed by atoms with Crippen molar-refractivity contribution in [2.75, 3.05) is 19.7 Å². The van der Waals surface area contributed by atoms with Crippen LogP contribution in [0.4, 0.5) is 0 Å². The van der Waals surface area contributed by atoms with E-state index in [-0.39, 0.29) is 5.78 Å². The molecule has 0 aliphatic carbocycles. The molecule has 1 aromatic rings. The van der Waals surface area contributed by atoms with Crippen molar-refractivity contribution in [2.24, 2.45) is 0 Å². The lowest BCUT2D eigenvalue weighted by molar-refractivity contribution is -0.120. The molecule has 1 N–H and O–H groups in total. The molecule has 0 radical (unpaired) electrons. The molecule has 1 saturated heterocycles. The Balaban J connectivity index is 1.66.